The number of carbonyl (C=O) groups excluding carboxylic acids is 2. The second-order valence-corrected chi connectivity index (χ2v) is 4.64. The zero-order valence-electron chi connectivity index (χ0n) is 12.0. The molecule has 2 rings (SSSR count). The fourth-order valence-electron chi connectivity index (χ4n) is 1.97. The van der Waals surface area contributed by atoms with Gasteiger partial charge in [-0.05, 0) is 18.6 Å². The summed E-state index contributed by atoms with van der Waals surface area (Å²) in [5.74, 6) is -0.329. The lowest BCUT2D eigenvalue weighted by atomic mass is 10.2. The number of fused-ring (bicyclic) bond motifs is 1. The van der Waals surface area contributed by atoms with Crippen LogP contribution in [0.2, 0.25) is 0 Å². The third-order valence-electron chi connectivity index (χ3n) is 3.06. The predicted octanol–water partition coefficient (Wildman–Crippen LogP) is 0.425. The zero-order chi connectivity index (χ0) is 15.6. The van der Waals surface area contributed by atoms with E-state index in [9.17, 15) is 14.4 Å². The van der Waals surface area contributed by atoms with Crippen molar-refractivity contribution in [2.75, 3.05) is 25.6 Å². The van der Waals surface area contributed by atoms with Crippen molar-refractivity contribution in [1.82, 2.24) is 9.38 Å². The van der Waals surface area contributed by atoms with E-state index in [4.69, 9.17) is 0 Å². The molecule has 2 heterocycles. The van der Waals surface area contributed by atoms with Gasteiger partial charge in [-0.1, -0.05) is 6.07 Å². The summed E-state index contributed by atoms with van der Waals surface area (Å²) in [7, 11) is 2.83. The molecule has 7 nitrogen and oxygen atoms in total. The zero-order valence-corrected chi connectivity index (χ0v) is 12.0. The number of ether oxygens (including phenoxy) is 1. The first-order valence-corrected chi connectivity index (χ1v) is 6.24. The SMILES string of the molecule is COC(=O)CN(C)c1nc2ccc(C)cn2c(=O)c1C=O. The largest absolute Gasteiger partial charge is 0.468 e. The molecule has 0 atom stereocenters. The van der Waals surface area contributed by atoms with E-state index in [2.05, 4.69) is 9.72 Å². The number of likely N-dealkylation sites (N-methyl/N-ethyl adjacent to an activating group) is 1. The van der Waals surface area contributed by atoms with Crippen molar-refractivity contribution in [2.45, 2.75) is 6.92 Å². The Morgan fingerprint density at radius 1 is 1.48 bits per heavy atom. The molecular formula is C14H15N3O4. The van der Waals surface area contributed by atoms with Crippen LogP contribution in [0.15, 0.2) is 23.1 Å². The lowest BCUT2D eigenvalue weighted by Crippen LogP contribution is -2.31. The Balaban J connectivity index is 2.63. The highest BCUT2D eigenvalue weighted by Crippen LogP contribution is 2.13. The Hall–Kier alpha value is -2.70. The Morgan fingerprint density at radius 2 is 2.19 bits per heavy atom. The fraction of sp³-hybridized carbons (Fsp3) is 0.286. The van der Waals surface area contributed by atoms with Crippen LogP contribution < -0.4 is 10.5 Å². The molecule has 0 unspecified atom stereocenters. The molecule has 0 aliphatic carbocycles. The second kappa shape index (κ2) is 5.74. The summed E-state index contributed by atoms with van der Waals surface area (Å²) in [6, 6.07) is 3.49. The molecule has 0 bridgehead atoms. The van der Waals surface area contributed by atoms with E-state index in [1.165, 1.54) is 16.4 Å². The van der Waals surface area contributed by atoms with Crippen LogP contribution in [-0.2, 0) is 9.53 Å². The average molecular weight is 289 g/mol. The number of nitrogens with zero attached hydrogens (tertiary/aromatic N) is 3. The lowest BCUT2D eigenvalue weighted by Gasteiger charge is -2.18. The van der Waals surface area contributed by atoms with Crippen LogP contribution in [0.25, 0.3) is 5.65 Å². The maximum atomic E-state index is 12.3. The molecule has 0 fully saturated rings. The number of aryl methyl sites for hydroxylation is 1. The number of aldehydes is 1. The minimum absolute atomic E-state index is 0.0931. The highest BCUT2D eigenvalue weighted by molar-refractivity contribution is 5.85. The highest BCUT2D eigenvalue weighted by atomic mass is 16.5. The molecular weight excluding hydrogens is 274 g/mol. The van der Waals surface area contributed by atoms with Gasteiger partial charge < -0.3 is 9.64 Å². The van der Waals surface area contributed by atoms with Crippen molar-refractivity contribution in [3.05, 3.63) is 39.8 Å². The summed E-state index contributed by atoms with van der Waals surface area (Å²) < 4.78 is 5.88. The monoisotopic (exact) mass is 289 g/mol. The van der Waals surface area contributed by atoms with Gasteiger partial charge in [0.05, 0.1) is 7.11 Å². The van der Waals surface area contributed by atoms with Crippen LogP contribution in [0.5, 0.6) is 0 Å². The van der Waals surface area contributed by atoms with E-state index in [1.807, 2.05) is 13.0 Å². The first kappa shape index (κ1) is 14.7. The number of hydrogen-bond donors (Lipinski definition) is 0. The smallest absolute Gasteiger partial charge is 0.325 e. The van der Waals surface area contributed by atoms with E-state index < -0.39 is 11.5 Å². The third-order valence-corrected chi connectivity index (χ3v) is 3.06. The van der Waals surface area contributed by atoms with Crippen LogP contribution in [0.3, 0.4) is 0 Å². The molecule has 0 amide bonds. The normalized spacial score (nSPS) is 10.4. The van der Waals surface area contributed by atoms with E-state index in [0.29, 0.717) is 11.9 Å². The molecule has 0 radical (unpaired) electrons. The Kier molecular flexibility index (Phi) is 4.02. The minimum Gasteiger partial charge on any atom is -0.468 e. The van der Waals surface area contributed by atoms with Crippen molar-refractivity contribution >= 4 is 23.7 Å². The summed E-state index contributed by atoms with van der Waals surface area (Å²) in [6.45, 7) is 1.73. The maximum Gasteiger partial charge on any atom is 0.325 e. The number of esters is 1. The molecule has 2 aromatic heterocycles. The first-order chi connectivity index (χ1) is 9.97. The number of pyridine rings is 1. The van der Waals surface area contributed by atoms with Gasteiger partial charge in [-0.2, -0.15) is 0 Å². The van der Waals surface area contributed by atoms with Crippen molar-refractivity contribution in [3.8, 4) is 0 Å². The van der Waals surface area contributed by atoms with Crippen LogP contribution in [-0.4, -0.2) is 42.3 Å². The summed E-state index contributed by atoms with van der Waals surface area (Å²) in [6.07, 6.45) is 2.06. The third kappa shape index (κ3) is 2.76. The number of carbonyl (C=O) groups is 2. The van der Waals surface area contributed by atoms with Gasteiger partial charge >= 0.3 is 5.97 Å². The molecule has 0 spiro atoms. The van der Waals surface area contributed by atoms with Crippen LogP contribution in [0, 0.1) is 6.92 Å². The van der Waals surface area contributed by atoms with Gasteiger partial charge in [-0.25, -0.2) is 4.98 Å². The van der Waals surface area contributed by atoms with Gasteiger partial charge in [-0.3, -0.25) is 18.8 Å². The Morgan fingerprint density at radius 3 is 2.81 bits per heavy atom. The predicted molar refractivity (Wildman–Crippen MR) is 76.9 cm³/mol. The van der Waals surface area contributed by atoms with Gasteiger partial charge in [0, 0.05) is 13.2 Å². The van der Waals surface area contributed by atoms with Gasteiger partial charge in [-0.15, -0.1) is 0 Å². The molecule has 0 aliphatic heterocycles. The van der Waals surface area contributed by atoms with Crippen molar-refractivity contribution < 1.29 is 14.3 Å². The fourth-order valence-corrected chi connectivity index (χ4v) is 1.97. The molecule has 0 aromatic carbocycles. The van der Waals surface area contributed by atoms with Crippen molar-refractivity contribution in [1.29, 1.82) is 0 Å². The summed E-state index contributed by atoms with van der Waals surface area (Å²) in [5.41, 5.74) is 0.719. The van der Waals surface area contributed by atoms with Crippen LogP contribution in [0.4, 0.5) is 5.82 Å². The highest BCUT2D eigenvalue weighted by Gasteiger charge is 2.17. The number of methoxy groups -OCH3 is 1. The van der Waals surface area contributed by atoms with E-state index in [-0.39, 0.29) is 17.9 Å². The van der Waals surface area contributed by atoms with Gasteiger partial charge in [0.25, 0.3) is 5.56 Å². The number of aromatic nitrogens is 2. The molecule has 0 aliphatic rings. The Bertz CT molecular complexity index is 767. The molecule has 21 heavy (non-hydrogen) atoms. The van der Waals surface area contributed by atoms with E-state index in [0.717, 1.165) is 5.56 Å². The minimum atomic E-state index is -0.486. The van der Waals surface area contributed by atoms with Crippen LogP contribution >= 0.6 is 0 Å². The summed E-state index contributed by atoms with van der Waals surface area (Å²) in [5, 5.41) is 0. The molecule has 7 heteroatoms. The van der Waals surface area contributed by atoms with Gasteiger partial charge in [0.15, 0.2) is 6.29 Å². The molecule has 0 saturated heterocycles. The van der Waals surface area contributed by atoms with Crippen molar-refractivity contribution in [2.24, 2.45) is 0 Å². The number of hydrogen-bond acceptors (Lipinski definition) is 6. The second-order valence-electron chi connectivity index (χ2n) is 4.64. The molecule has 0 saturated carbocycles. The number of anilines is 1. The van der Waals surface area contributed by atoms with Crippen LogP contribution in [0.1, 0.15) is 15.9 Å². The number of rotatable bonds is 4. The topological polar surface area (TPSA) is 81.0 Å². The van der Waals surface area contributed by atoms with E-state index in [1.54, 1.807) is 19.3 Å². The first-order valence-electron chi connectivity index (χ1n) is 6.24. The maximum absolute atomic E-state index is 12.3. The summed E-state index contributed by atoms with van der Waals surface area (Å²) in [4.78, 5) is 40.6. The Labute approximate surface area is 120 Å². The van der Waals surface area contributed by atoms with Crippen molar-refractivity contribution in [3.63, 3.8) is 0 Å². The van der Waals surface area contributed by atoms with Gasteiger partial charge in [0.1, 0.15) is 23.6 Å². The average Bonchev–Trinajstić information content (AvgIpc) is 2.47. The van der Waals surface area contributed by atoms with E-state index >= 15 is 0 Å². The standard InChI is InChI=1S/C14H15N3O4/c1-9-4-5-11-15-13(16(2)7-12(19)21-3)10(8-18)14(20)17(11)6-9/h4-6,8H,7H2,1-3H3. The molecule has 2 aromatic rings. The quantitative estimate of drug-likeness (QED) is 0.599. The van der Waals surface area contributed by atoms with Gasteiger partial charge in [0.2, 0.25) is 0 Å². The summed E-state index contributed by atoms with van der Waals surface area (Å²) >= 11 is 0. The molecule has 110 valence electrons. The molecule has 0 N–H and O–H groups in total. The lowest BCUT2D eigenvalue weighted by molar-refractivity contribution is -0.138.